The number of carbonyl (C=O) groups is 1. The van der Waals surface area contributed by atoms with Crippen LogP contribution >= 0.6 is 0 Å². The van der Waals surface area contributed by atoms with E-state index in [0.29, 0.717) is 31.8 Å². The lowest BCUT2D eigenvalue weighted by atomic mass is 9.77. The molecule has 5 rings (SSSR count). The Morgan fingerprint density at radius 1 is 0.955 bits per heavy atom. The zero-order chi connectivity index (χ0) is 31.8. The van der Waals surface area contributed by atoms with Crippen molar-refractivity contribution in [3.05, 3.63) is 72.8 Å². The van der Waals surface area contributed by atoms with Gasteiger partial charge < -0.3 is 23.4 Å². The van der Waals surface area contributed by atoms with Crippen LogP contribution in [-0.4, -0.2) is 44.5 Å². The zero-order valence-electron chi connectivity index (χ0n) is 28.2. The van der Waals surface area contributed by atoms with Gasteiger partial charge in [-0.25, -0.2) is 0 Å². The van der Waals surface area contributed by atoms with E-state index in [0.717, 1.165) is 19.1 Å². The molecule has 8 atom stereocenters. The molecule has 0 radical (unpaired) electrons. The summed E-state index contributed by atoms with van der Waals surface area (Å²) in [5.74, 6) is -1.04. The molecule has 0 saturated carbocycles. The van der Waals surface area contributed by atoms with Crippen molar-refractivity contribution in [2.24, 2.45) is 23.7 Å². The summed E-state index contributed by atoms with van der Waals surface area (Å²) in [6, 6.07) is 21.7. The van der Waals surface area contributed by atoms with E-state index in [1.165, 1.54) is 10.4 Å². The third-order valence-corrected chi connectivity index (χ3v) is 15.9. The third-order valence-electron chi connectivity index (χ3n) is 10.9. The largest absolute Gasteiger partial charge is 0.407 e. The maximum atomic E-state index is 12.2. The van der Waals surface area contributed by atoms with Gasteiger partial charge in [-0.15, -0.1) is 0 Å². The molecule has 240 valence electrons. The number of rotatable bonds is 9. The maximum absolute atomic E-state index is 12.2. The lowest BCUT2D eigenvalue weighted by Crippen LogP contribution is -2.67. The van der Waals surface area contributed by atoms with Crippen molar-refractivity contribution in [2.75, 3.05) is 6.61 Å². The van der Waals surface area contributed by atoms with E-state index in [4.69, 9.17) is 18.6 Å². The quantitative estimate of drug-likeness (QED) is 0.166. The van der Waals surface area contributed by atoms with Gasteiger partial charge in [0.05, 0.1) is 6.10 Å². The van der Waals surface area contributed by atoms with Gasteiger partial charge in [-0.05, 0) is 53.1 Å². The smallest absolute Gasteiger partial charge is 0.261 e. The first-order chi connectivity index (χ1) is 20.9. The Balaban J connectivity index is 1.45. The van der Waals surface area contributed by atoms with Crippen LogP contribution in [0.1, 0.15) is 87.5 Å². The van der Waals surface area contributed by atoms with Crippen molar-refractivity contribution in [2.45, 2.75) is 116 Å². The lowest BCUT2D eigenvalue weighted by Gasteiger charge is -2.54. The van der Waals surface area contributed by atoms with E-state index < -0.39 is 25.5 Å². The minimum absolute atomic E-state index is 0.0482. The van der Waals surface area contributed by atoms with Crippen LogP contribution in [0.2, 0.25) is 5.04 Å². The molecule has 3 aliphatic rings. The Bertz CT molecular complexity index is 1250. The molecule has 0 bridgehead atoms. The highest BCUT2D eigenvalue weighted by Crippen LogP contribution is 2.54. The molecule has 0 aliphatic carbocycles. The summed E-state index contributed by atoms with van der Waals surface area (Å²) in [6.45, 7) is 18.5. The normalized spacial score (nSPS) is 34.8. The van der Waals surface area contributed by atoms with Gasteiger partial charge in [-0.1, -0.05) is 122 Å². The lowest BCUT2D eigenvalue weighted by molar-refractivity contribution is -0.394. The highest BCUT2D eigenvalue weighted by atomic mass is 28.4. The van der Waals surface area contributed by atoms with Gasteiger partial charge >= 0.3 is 0 Å². The Morgan fingerprint density at radius 2 is 1.57 bits per heavy atom. The van der Waals surface area contributed by atoms with Crippen molar-refractivity contribution < 1.29 is 23.4 Å². The average molecular weight is 619 g/mol. The van der Waals surface area contributed by atoms with Crippen LogP contribution in [0.4, 0.5) is 0 Å². The van der Waals surface area contributed by atoms with Crippen molar-refractivity contribution in [1.29, 1.82) is 0 Å². The van der Waals surface area contributed by atoms with Crippen molar-refractivity contribution in [3.8, 4) is 0 Å². The minimum Gasteiger partial charge on any atom is -0.407 e. The second kappa shape index (κ2) is 12.6. The Kier molecular flexibility index (Phi) is 9.53. The van der Waals surface area contributed by atoms with Crippen LogP contribution in [0, 0.1) is 23.7 Å². The van der Waals surface area contributed by atoms with Crippen molar-refractivity contribution >= 4 is 25.0 Å². The highest BCUT2D eigenvalue weighted by molar-refractivity contribution is 6.99. The summed E-state index contributed by atoms with van der Waals surface area (Å²) in [5.41, 5.74) is -0.800. The fourth-order valence-electron chi connectivity index (χ4n) is 8.26. The third kappa shape index (κ3) is 5.70. The van der Waals surface area contributed by atoms with E-state index in [2.05, 4.69) is 121 Å². The topological polar surface area (TPSA) is 54.0 Å². The molecule has 2 fully saturated rings. The molecule has 0 unspecified atom stereocenters. The van der Waals surface area contributed by atoms with E-state index in [9.17, 15) is 4.79 Å². The van der Waals surface area contributed by atoms with Gasteiger partial charge in [-0.3, -0.25) is 0 Å². The van der Waals surface area contributed by atoms with Crippen LogP contribution in [0.5, 0.6) is 0 Å². The summed E-state index contributed by atoms with van der Waals surface area (Å²) in [7, 11) is -2.69. The first kappa shape index (κ1) is 33.3. The van der Waals surface area contributed by atoms with E-state index in [1.54, 1.807) is 0 Å². The molecule has 0 amide bonds. The summed E-state index contributed by atoms with van der Waals surface area (Å²) < 4.78 is 28.2. The van der Waals surface area contributed by atoms with Crippen LogP contribution in [0.15, 0.2) is 72.8 Å². The van der Waals surface area contributed by atoms with Crippen molar-refractivity contribution in [3.63, 3.8) is 0 Å². The predicted molar refractivity (Wildman–Crippen MR) is 179 cm³/mol. The van der Waals surface area contributed by atoms with Crippen LogP contribution in [-0.2, 0) is 23.4 Å². The monoisotopic (exact) mass is 618 g/mol. The number of carbonyl (C=O) groups excluding carboxylic acids is 1. The number of hydrogen-bond acceptors (Lipinski definition) is 5. The fraction of sp³-hybridized carbons (Fsp3) is 0.605. The van der Waals surface area contributed by atoms with Gasteiger partial charge in [0.25, 0.3) is 8.32 Å². The van der Waals surface area contributed by atoms with E-state index in [1.807, 2.05) is 6.92 Å². The van der Waals surface area contributed by atoms with E-state index >= 15 is 0 Å². The second-order valence-electron chi connectivity index (χ2n) is 14.8. The minimum atomic E-state index is -2.69. The number of benzene rings is 2. The molecule has 6 heteroatoms. The maximum Gasteiger partial charge on any atom is 0.261 e. The first-order valence-corrected chi connectivity index (χ1v) is 18.8. The second-order valence-corrected chi connectivity index (χ2v) is 19.1. The highest BCUT2D eigenvalue weighted by Gasteiger charge is 2.61. The molecule has 2 aromatic rings. The van der Waals surface area contributed by atoms with Crippen molar-refractivity contribution in [1.82, 2.24) is 0 Å². The van der Waals surface area contributed by atoms with Crippen LogP contribution < -0.4 is 10.4 Å². The molecule has 3 aliphatic heterocycles. The molecule has 5 nitrogen and oxygen atoms in total. The molecule has 2 saturated heterocycles. The molecule has 44 heavy (non-hydrogen) atoms. The van der Waals surface area contributed by atoms with Gasteiger partial charge in [0.1, 0.15) is 5.60 Å². The van der Waals surface area contributed by atoms with Crippen LogP contribution in [0.3, 0.4) is 0 Å². The van der Waals surface area contributed by atoms with Gasteiger partial charge in [-0.2, -0.15) is 0 Å². The fourth-order valence-corrected chi connectivity index (χ4v) is 12.9. The number of ether oxygens (including phenoxy) is 3. The van der Waals surface area contributed by atoms with E-state index in [-0.39, 0.29) is 28.9 Å². The molecule has 0 N–H and O–H groups in total. The van der Waals surface area contributed by atoms with Gasteiger partial charge in [0.15, 0.2) is 17.9 Å². The molecular weight excluding hydrogens is 564 g/mol. The Labute approximate surface area is 266 Å². The number of aldehydes is 1. The molecule has 0 aromatic heterocycles. The Morgan fingerprint density at radius 3 is 2.07 bits per heavy atom. The summed E-state index contributed by atoms with van der Waals surface area (Å²) in [4.78, 5) is 12.2. The van der Waals surface area contributed by atoms with Gasteiger partial charge in [0.2, 0.25) is 0 Å². The SMILES string of the molecule is CC[C@@H](CO[Si](c1ccccc1)(c1ccccc1)C(C)(C)C)[C@H]1O[C@@]2(C=CC[C@@]3(O[C@](C=O)(CC)C[C@H]3C)O2)[C@H](C)C[C@@H]1C. The summed E-state index contributed by atoms with van der Waals surface area (Å²) >= 11 is 0. The average Bonchev–Trinajstić information content (AvgIpc) is 3.28. The number of hydrogen-bond donors (Lipinski definition) is 0. The molecule has 2 spiro atoms. The molecule has 3 heterocycles. The summed E-state index contributed by atoms with van der Waals surface area (Å²) in [6.07, 6.45) is 9.05. The first-order valence-electron chi connectivity index (χ1n) is 16.9. The predicted octanol–water partition coefficient (Wildman–Crippen LogP) is 7.42. The summed E-state index contributed by atoms with van der Waals surface area (Å²) in [5, 5.41) is 2.49. The zero-order valence-corrected chi connectivity index (χ0v) is 29.2. The molecule has 2 aromatic carbocycles. The van der Waals surface area contributed by atoms with Gasteiger partial charge in [0, 0.05) is 30.8 Å². The standard InChI is InChI=1S/C38H54O5Si/c1-9-31(26-40-44(35(6,7)8,32-18-13-11-14-19-32)33-20-15-12-16-21-33)34-28(3)24-29(4)37(41-34)22-17-23-38(43-37)30(5)25-36(10-2,27-39)42-38/h11-22,27-31,34H,9-10,23-26H2,1-8H3/t28-,29+,30+,31-,34-,36+,37+,38+/m0/s1. The Hall–Kier alpha value is -2.09. The molecular formula is C38H54O5Si. The van der Waals surface area contributed by atoms with Crippen LogP contribution in [0.25, 0.3) is 0 Å².